The second-order valence-electron chi connectivity index (χ2n) is 5.85. The summed E-state index contributed by atoms with van der Waals surface area (Å²) in [6.45, 7) is 10.5. The Bertz CT molecular complexity index is 450. The summed E-state index contributed by atoms with van der Waals surface area (Å²) in [7, 11) is 2.11. The standard InChI is InChI=1S/C19H34N4O/c1-5-20-19(21-14-10-11-15-24-6-2)22-16-17(3)23(4)18-12-8-7-9-13-18/h7-9,12-13,17H,5-6,10-11,14-16H2,1-4H3,(H2,20,21,22). The average Bonchev–Trinajstić information content (AvgIpc) is 2.62. The third-order valence-corrected chi connectivity index (χ3v) is 3.89. The topological polar surface area (TPSA) is 48.9 Å². The second-order valence-corrected chi connectivity index (χ2v) is 5.85. The summed E-state index contributed by atoms with van der Waals surface area (Å²) < 4.78 is 5.36. The fourth-order valence-corrected chi connectivity index (χ4v) is 2.29. The Morgan fingerprint density at radius 2 is 1.92 bits per heavy atom. The molecule has 24 heavy (non-hydrogen) atoms. The first-order chi connectivity index (χ1) is 11.7. The molecule has 0 bridgehead atoms. The van der Waals surface area contributed by atoms with Gasteiger partial charge in [-0.1, -0.05) is 18.2 Å². The molecule has 2 N–H and O–H groups in total. The smallest absolute Gasteiger partial charge is 0.191 e. The van der Waals surface area contributed by atoms with Crippen molar-refractivity contribution in [3.05, 3.63) is 30.3 Å². The quantitative estimate of drug-likeness (QED) is 0.371. The fraction of sp³-hybridized carbons (Fsp3) is 0.632. The van der Waals surface area contributed by atoms with E-state index in [9.17, 15) is 0 Å². The largest absolute Gasteiger partial charge is 0.382 e. The third kappa shape index (κ3) is 8.20. The summed E-state index contributed by atoms with van der Waals surface area (Å²) in [5, 5.41) is 6.70. The highest BCUT2D eigenvalue weighted by molar-refractivity contribution is 5.79. The van der Waals surface area contributed by atoms with Crippen LogP contribution in [0.2, 0.25) is 0 Å². The van der Waals surface area contributed by atoms with Crippen LogP contribution in [0, 0.1) is 0 Å². The van der Waals surface area contributed by atoms with Crippen LogP contribution in [0.15, 0.2) is 35.3 Å². The van der Waals surface area contributed by atoms with Crippen molar-refractivity contribution in [2.75, 3.05) is 44.8 Å². The number of hydrogen-bond acceptors (Lipinski definition) is 3. The molecule has 0 amide bonds. The summed E-state index contributed by atoms with van der Waals surface area (Å²) in [6.07, 6.45) is 2.16. The van der Waals surface area contributed by atoms with E-state index in [0.29, 0.717) is 6.04 Å². The Labute approximate surface area is 147 Å². The molecule has 0 aliphatic heterocycles. The van der Waals surface area contributed by atoms with Gasteiger partial charge in [-0.25, -0.2) is 0 Å². The first-order valence-electron chi connectivity index (χ1n) is 9.06. The molecule has 1 rings (SSSR count). The van der Waals surface area contributed by atoms with Crippen LogP contribution in [0.1, 0.15) is 33.6 Å². The summed E-state index contributed by atoms with van der Waals surface area (Å²) >= 11 is 0. The summed E-state index contributed by atoms with van der Waals surface area (Å²) in [5.74, 6) is 0.891. The van der Waals surface area contributed by atoms with Crippen LogP contribution in [0.5, 0.6) is 0 Å². The van der Waals surface area contributed by atoms with Gasteiger partial charge in [0.25, 0.3) is 0 Å². The molecule has 0 aromatic heterocycles. The van der Waals surface area contributed by atoms with Gasteiger partial charge in [-0.05, 0) is 45.7 Å². The van der Waals surface area contributed by atoms with Crippen molar-refractivity contribution < 1.29 is 4.74 Å². The number of rotatable bonds is 11. The maximum absolute atomic E-state index is 5.36. The average molecular weight is 335 g/mol. The Balaban J connectivity index is 2.40. The summed E-state index contributed by atoms with van der Waals surface area (Å²) in [5.41, 5.74) is 1.22. The van der Waals surface area contributed by atoms with E-state index >= 15 is 0 Å². The minimum atomic E-state index is 0.334. The van der Waals surface area contributed by atoms with Gasteiger partial charge in [0.1, 0.15) is 0 Å². The molecule has 0 spiro atoms. The summed E-state index contributed by atoms with van der Waals surface area (Å²) in [6, 6.07) is 10.8. The van der Waals surface area contributed by atoms with Crippen molar-refractivity contribution in [2.45, 2.75) is 39.7 Å². The minimum Gasteiger partial charge on any atom is -0.382 e. The Morgan fingerprint density at radius 1 is 1.17 bits per heavy atom. The monoisotopic (exact) mass is 334 g/mol. The number of hydrogen-bond donors (Lipinski definition) is 2. The van der Waals surface area contributed by atoms with E-state index in [4.69, 9.17) is 9.73 Å². The van der Waals surface area contributed by atoms with Crippen molar-refractivity contribution in [2.24, 2.45) is 4.99 Å². The first-order valence-corrected chi connectivity index (χ1v) is 9.06. The van der Waals surface area contributed by atoms with Gasteiger partial charge in [0.15, 0.2) is 5.96 Å². The van der Waals surface area contributed by atoms with E-state index in [1.54, 1.807) is 0 Å². The molecular weight excluding hydrogens is 300 g/mol. The lowest BCUT2D eigenvalue weighted by Gasteiger charge is -2.26. The predicted molar refractivity (Wildman–Crippen MR) is 104 cm³/mol. The normalized spacial score (nSPS) is 12.8. The Morgan fingerprint density at radius 3 is 2.58 bits per heavy atom. The molecule has 0 radical (unpaired) electrons. The van der Waals surface area contributed by atoms with Crippen LogP contribution < -0.4 is 15.5 Å². The van der Waals surface area contributed by atoms with Crippen molar-refractivity contribution >= 4 is 11.6 Å². The molecular formula is C19H34N4O. The number of likely N-dealkylation sites (N-methyl/N-ethyl adjacent to an activating group) is 1. The van der Waals surface area contributed by atoms with Gasteiger partial charge < -0.3 is 20.3 Å². The molecule has 0 heterocycles. The maximum Gasteiger partial charge on any atom is 0.191 e. The van der Waals surface area contributed by atoms with E-state index in [1.165, 1.54) is 5.69 Å². The lowest BCUT2D eigenvalue weighted by molar-refractivity contribution is 0.143. The number of benzene rings is 1. The molecule has 5 nitrogen and oxygen atoms in total. The molecule has 0 saturated carbocycles. The zero-order valence-corrected chi connectivity index (χ0v) is 15.7. The lowest BCUT2D eigenvalue weighted by atomic mass is 10.2. The molecule has 0 fully saturated rings. The Hall–Kier alpha value is -1.75. The highest BCUT2D eigenvalue weighted by Gasteiger charge is 2.09. The van der Waals surface area contributed by atoms with Gasteiger partial charge in [-0.15, -0.1) is 0 Å². The lowest BCUT2D eigenvalue weighted by Crippen LogP contribution is -2.39. The Kier molecular flexibility index (Phi) is 10.7. The van der Waals surface area contributed by atoms with Gasteiger partial charge in [-0.3, -0.25) is 4.99 Å². The van der Waals surface area contributed by atoms with E-state index in [-0.39, 0.29) is 0 Å². The number of guanidine groups is 1. The van der Waals surface area contributed by atoms with Crippen molar-refractivity contribution in [1.29, 1.82) is 0 Å². The SMILES string of the molecule is CCNC(=NCC(C)N(C)c1ccccc1)NCCCCOCC. The highest BCUT2D eigenvalue weighted by atomic mass is 16.5. The summed E-state index contributed by atoms with van der Waals surface area (Å²) in [4.78, 5) is 6.97. The third-order valence-electron chi connectivity index (χ3n) is 3.89. The number of para-hydroxylation sites is 1. The molecule has 0 saturated heterocycles. The molecule has 1 atom stereocenters. The van der Waals surface area contributed by atoms with Crippen LogP contribution in [0.25, 0.3) is 0 Å². The van der Waals surface area contributed by atoms with Crippen LogP contribution >= 0.6 is 0 Å². The molecule has 0 aliphatic carbocycles. The van der Waals surface area contributed by atoms with Gasteiger partial charge >= 0.3 is 0 Å². The molecule has 1 aromatic carbocycles. The van der Waals surface area contributed by atoms with Crippen LogP contribution in [0.3, 0.4) is 0 Å². The van der Waals surface area contributed by atoms with Crippen LogP contribution in [-0.4, -0.2) is 51.9 Å². The van der Waals surface area contributed by atoms with Gasteiger partial charge in [0.2, 0.25) is 0 Å². The predicted octanol–water partition coefficient (Wildman–Crippen LogP) is 2.88. The highest BCUT2D eigenvalue weighted by Crippen LogP contribution is 2.13. The molecule has 1 aromatic rings. The first kappa shape index (κ1) is 20.3. The van der Waals surface area contributed by atoms with Crippen molar-refractivity contribution in [1.82, 2.24) is 10.6 Å². The second kappa shape index (κ2) is 12.6. The van der Waals surface area contributed by atoms with E-state index in [2.05, 4.69) is 60.7 Å². The van der Waals surface area contributed by atoms with Gasteiger partial charge in [0, 0.05) is 45.1 Å². The molecule has 1 unspecified atom stereocenters. The van der Waals surface area contributed by atoms with Crippen molar-refractivity contribution in [3.63, 3.8) is 0 Å². The fourth-order valence-electron chi connectivity index (χ4n) is 2.29. The molecule has 0 aliphatic rings. The van der Waals surface area contributed by atoms with Crippen LogP contribution in [-0.2, 0) is 4.74 Å². The zero-order chi connectivity index (χ0) is 17.6. The number of aliphatic imine (C=N–C) groups is 1. The molecule has 136 valence electrons. The molecule has 5 heteroatoms. The van der Waals surface area contributed by atoms with Crippen LogP contribution in [0.4, 0.5) is 5.69 Å². The van der Waals surface area contributed by atoms with Gasteiger partial charge in [-0.2, -0.15) is 0 Å². The number of anilines is 1. The van der Waals surface area contributed by atoms with Gasteiger partial charge in [0.05, 0.1) is 6.54 Å². The van der Waals surface area contributed by atoms with Crippen molar-refractivity contribution in [3.8, 4) is 0 Å². The van der Waals surface area contributed by atoms with E-state index < -0.39 is 0 Å². The number of ether oxygens (including phenoxy) is 1. The van der Waals surface area contributed by atoms with E-state index in [0.717, 1.165) is 51.6 Å². The van der Waals surface area contributed by atoms with E-state index in [1.807, 2.05) is 13.0 Å². The maximum atomic E-state index is 5.36. The number of nitrogens with zero attached hydrogens (tertiary/aromatic N) is 2. The number of nitrogens with one attached hydrogen (secondary N) is 2. The minimum absolute atomic E-state index is 0.334. The zero-order valence-electron chi connectivity index (χ0n) is 15.7. The number of unbranched alkanes of at least 4 members (excludes halogenated alkanes) is 1.